The van der Waals surface area contributed by atoms with Gasteiger partial charge in [0, 0.05) is 52.3 Å². The number of ketones is 3. The maximum Gasteiger partial charge on any atom is 0.143 e. The number of carbonyl (C=O) groups is 3. The van der Waals surface area contributed by atoms with E-state index in [-0.39, 0.29) is 52.4 Å². The summed E-state index contributed by atoms with van der Waals surface area (Å²) in [4.78, 5) is 38.0. The second-order valence-corrected chi connectivity index (χ2v) is 13.8. The maximum absolute atomic E-state index is 12.7. The van der Waals surface area contributed by atoms with Gasteiger partial charge < -0.3 is 0 Å². The Labute approximate surface area is 212 Å². The molecule has 0 amide bonds. The minimum atomic E-state index is -0.571. The first-order valence-electron chi connectivity index (χ1n) is 10.3. The predicted molar refractivity (Wildman–Crippen MR) is 149 cm³/mol. The van der Waals surface area contributed by atoms with Gasteiger partial charge in [-0.1, -0.05) is 27.7 Å². The zero-order chi connectivity index (χ0) is 23.2. The van der Waals surface area contributed by atoms with Gasteiger partial charge in [-0.2, -0.15) is 73.2 Å². The minimum Gasteiger partial charge on any atom is -0.299 e. The zero-order valence-corrected chi connectivity index (χ0v) is 23.7. The molecule has 0 heterocycles. The quantitative estimate of drug-likeness (QED) is 0.194. The van der Waals surface area contributed by atoms with E-state index in [0.717, 1.165) is 17.3 Å². The summed E-state index contributed by atoms with van der Waals surface area (Å²) in [6, 6.07) is 0. The van der Waals surface area contributed by atoms with Crippen molar-refractivity contribution in [2.24, 2.45) is 5.41 Å². The fourth-order valence-electron chi connectivity index (χ4n) is 3.00. The molecule has 0 aromatic rings. The zero-order valence-electron chi connectivity index (χ0n) is 18.6. The molecular formula is C21H38O3S6. The van der Waals surface area contributed by atoms with Crippen molar-refractivity contribution in [3.8, 4) is 0 Å². The highest BCUT2D eigenvalue weighted by atomic mass is 32.2. The molecule has 0 aliphatic rings. The first kappa shape index (κ1) is 31.1. The van der Waals surface area contributed by atoms with Crippen LogP contribution >= 0.6 is 73.2 Å². The van der Waals surface area contributed by atoms with Gasteiger partial charge in [-0.3, -0.25) is 14.4 Å². The Bertz CT molecular complexity index is 454. The lowest BCUT2D eigenvalue weighted by Gasteiger charge is -2.31. The first-order chi connectivity index (χ1) is 14.0. The van der Waals surface area contributed by atoms with E-state index in [2.05, 4.69) is 37.9 Å². The first-order valence-corrected chi connectivity index (χ1v) is 15.3. The van der Waals surface area contributed by atoms with E-state index in [0.29, 0.717) is 23.7 Å². The molecule has 0 radical (unpaired) electrons. The second kappa shape index (κ2) is 17.6. The Balaban J connectivity index is 5.05. The lowest BCUT2D eigenvalue weighted by molar-refractivity contribution is -0.125. The van der Waals surface area contributed by atoms with Crippen molar-refractivity contribution < 1.29 is 14.4 Å². The van der Waals surface area contributed by atoms with Crippen LogP contribution in [0.5, 0.6) is 0 Å². The van der Waals surface area contributed by atoms with Crippen molar-refractivity contribution in [3.63, 3.8) is 0 Å². The molecule has 9 heteroatoms. The number of thiol groups is 3. The van der Waals surface area contributed by atoms with Gasteiger partial charge in [-0.15, -0.1) is 0 Å². The third kappa shape index (κ3) is 16.7. The van der Waals surface area contributed by atoms with Crippen LogP contribution in [0.3, 0.4) is 0 Å². The molecule has 0 saturated heterocycles. The van der Waals surface area contributed by atoms with Gasteiger partial charge in [0.25, 0.3) is 0 Å². The molecule has 0 bridgehead atoms. The van der Waals surface area contributed by atoms with Crippen molar-refractivity contribution in [2.45, 2.75) is 69.1 Å². The maximum atomic E-state index is 12.7. The average Bonchev–Trinajstić information content (AvgIpc) is 2.60. The normalized spacial score (nSPS) is 16.5. The molecular weight excluding hydrogens is 493 g/mol. The highest BCUT2D eigenvalue weighted by Crippen LogP contribution is 2.37. The standard InChI is InChI=1S/C21H38O3S6/c1-5-21(6-18(22)12-28-9-15(2)25,7-19(23)13-29-10-16(3)26)8-20(24)14-30-11-17(4)27/h15-17,25-27H,5-14H2,1-4H3. The minimum absolute atomic E-state index is 0.115. The summed E-state index contributed by atoms with van der Waals surface area (Å²) >= 11 is 17.8. The molecule has 0 spiro atoms. The van der Waals surface area contributed by atoms with Gasteiger partial charge in [-0.25, -0.2) is 0 Å². The molecule has 0 aromatic heterocycles. The van der Waals surface area contributed by atoms with Gasteiger partial charge in [0.15, 0.2) is 0 Å². The van der Waals surface area contributed by atoms with E-state index in [1.54, 1.807) is 35.3 Å². The molecule has 0 N–H and O–H groups in total. The highest BCUT2D eigenvalue weighted by molar-refractivity contribution is 8.01. The van der Waals surface area contributed by atoms with Crippen LogP contribution in [-0.2, 0) is 14.4 Å². The highest BCUT2D eigenvalue weighted by Gasteiger charge is 2.35. The van der Waals surface area contributed by atoms with Gasteiger partial charge in [0.1, 0.15) is 17.3 Å². The average molecular weight is 531 g/mol. The SMILES string of the molecule is CCC(CC(=O)CSCC(C)S)(CC(=O)CSCC(C)S)CC(=O)CSCC(C)S. The van der Waals surface area contributed by atoms with Gasteiger partial charge in [0.05, 0.1) is 17.3 Å². The van der Waals surface area contributed by atoms with Gasteiger partial charge in [-0.05, 0) is 11.8 Å². The summed E-state index contributed by atoms with van der Waals surface area (Å²) < 4.78 is 0. The molecule has 3 atom stereocenters. The number of rotatable bonds is 19. The van der Waals surface area contributed by atoms with Crippen molar-refractivity contribution in [2.75, 3.05) is 34.5 Å². The Morgan fingerprint density at radius 2 is 0.933 bits per heavy atom. The second-order valence-electron chi connectivity index (χ2n) is 8.09. The smallest absolute Gasteiger partial charge is 0.143 e. The van der Waals surface area contributed by atoms with Crippen molar-refractivity contribution in [1.29, 1.82) is 0 Å². The number of Topliss-reactive ketones (excluding diaryl/α,β-unsaturated/α-hetero) is 3. The van der Waals surface area contributed by atoms with E-state index in [1.807, 2.05) is 27.7 Å². The summed E-state index contributed by atoms with van der Waals surface area (Å²) in [6.07, 6.45) is 1.51. The summed E-state index contributed by atoms with van der Waals surface area (Å²) in [7, 11) is 0. The molecule has 0 aliphatic heterocycles. The van der Waals surface area contributed by atoms with E-state index >= 15 is 0 Å². The Kier molecular flexibility index (Phi) is 18.2. The van der Waals surface area contributed by atoms with Crippen LogP contribution in [0.15, 0.2) is 0 Å². The van der Waals surface area contributed by atoms with Crippen LogP contribution in [-0.4, -0.2) is 67.6 Å². The van der Waals surface area contributed by atoms with Gasteiger partial charge in [0.2, 0.25) is 0 Å². The van der Waals surface area contributed by atoms with Crippen molar-refractivity contribution >= 4 is 90.5 Å². The number of hydrogen-bond acceptors (Lipinski definition) is 9. The molecule has 0 fully saturated rings. The van der Waals surface area contributed by atoms with Crippen LogP contribution in [0.4, 0.5) is 0 Å². The summed E-state index contributed by atoms with van der Waals surface area (Å²) in [5.74, 6) is 4.00. The number of carbonyl (C=O) groups excluding carboxylic acids is 3. The molecule has 176 valence electrons. The van der Waals surface area contributed by atoms with Crippen LogP contribution in [0.25, 0.3) is 0 Å². The fourth-order valence-corrected chi connectivity index (χ4v) is 6.32. The van der Waals surface area contributed by atoms with Crippen LogP contribution in [0, 0.1) is 5.41 Å². The summed E-state index contributed by atoms with van der Waals surface area (Å²) in [5.41, 5.74) is -0.571. The monoisotopic (exact) mass is 530 g/mol. The third-order valence-corrected chi connectivity index (χ3v) is 9.41. The molecule has 0 aromatic carbocycles. The lowest BCUT2D eigenvalue weighted by Crippen LogP contribution is -2.32. The summed E-state index contributed by atoms with van der Waals surface area (Å²) in [5, 5.41) is 0.707. The Hall–Kier alpha value is 1.11. The van der Waals surface area contributed by atoms with E-state index in [9.17, 15) is 14.4 Å². The third-order valence-electron chi connectivity index (χ3n) is 4.33. The number of thioether (sulfide) groups is 3. The molecule has 30 heavy (non-hydrogen) atoms. The van der Waals surface area contributed by atoms with E-state index < -0.39 is 5.41 Å². The van der Waals surface area contributed by atoms with Crippen molar-refractivity contribution in [1.82, 2.24) is 0 Å². The van der Waals surface area contributed by atoms with E-state index in [1.165, 1.54) is 0 Å². The molecule has 3 nitrogen and oxygen atoms in total. The predicted octanol–water partition coefficient (Wildman–Crippen LogP) is 5.41. The lowest BCUT2D eigenvalue weighted by atomic mass is 9.73. The van der Waals surface area contributed by atoms with Gasteiger partial charge >= 0.3 is 0 Å². The van der Waals surface area contributed by atoms with E-state index in [4.69, 9.17) is 0 Å². The molecule has 0 aliphatic carbocycles. The van der Waals surface area contributed by atoms with Crippen LogP contribution < -0.4 is 0 Å². The topological polar surface area (TPSA) is 51.2 Å². The van der Waals surface area contributed by atoms with Crippen LogP contribution in [0.1, 0.15) is 53.4 Å². The fraction of sp³-hybridized carbons (Fsp3) is 0.857. The molecule has 3 unspecified atom stereocenters. The Morgan fingerprint density at radius 3 is 1.13 bits per heavy atom. The molecule has 0 saturated carbocycles. The Morgan fingerprint density at radius 1 is 0.667 bits per heavy atom. The summed E-state index contributed by atoms with van der Waals surface area (Å²) in [6.45, 7) is 7.99. The van der Waals surface area contributed by atoms with Crippen LogP contribution in [0.2, 0.25) is 0 Å². The molecule has 0 rings (SSSR count). The van der Waals surface area contributed by atoms with Crippen molar-refractivity contribution in [3.05, 3.63) is 0 Å². The number of hydrogen-bond donors (Lipinski definition) is 3. The largest absolute Gasteiger partial charge is 0.299 e.